The van der Waals surface area contributed by atoms with Gasteiger partial charge in [-0.1, -0.05) is 52.5 Å². The molecule has 1 aliphatic carbocycles. The summed E-state index contributed by atoms with van der Waals surface area (Å²) >= 11 is 0. The molecule has 0 aliphatic heterocycles. The molecule has 1 saturated carbocycles. The zero-order valence-corrected chi connectivity index (χ0v) is 13.1. The molecule has 1 atom stereocenters. The lowest BCUT2D eigenvalue weighted by atomic mass is 9.91. The van der Waals surface area contributed by atoms with Crippen molar-refractivity contribution < 1.29 is 0 Å². The van der Waals surface area contributed by atoms with Crippen molar-refractivity contribution in [1.29, 1.82) is 0 Å². The predicted molar refractivity (Wildman–Crippen MR) is 80.0 cm³/mol. The van der Waals surface area contributed by atoms with Crippen molar-refractivity contribution in [2.24, 2.45) is 0 Å². The number of hydrogen-bond acceptors (Lipinski definition) is 0. The van der Waals surface area contributed by atoms with Gasteiger partial charge in [-0.15, -0.1) is 0 Å². The number of rotatable bonds is 1. The van der Waals surface area contributed by atoms with Crippen molar-refractivity contribution in [3.05, 3.63) is 10.6 Å². The molecule has 0 aromatic carbocycles. The maximum atomic E-state index is 2.38. The van der Waals surface area contributed by atoms with E-state index in [4.69, 9.17) is 0 Å². The monoisotopic (exact) mass is 272 g/mol. The van der Waals surface area contributed by atoms with E-state index in [2.05, 4.69) is 6.92 Å². The molecule has 0 saturated heterocycles. The van der Waals surface area contributed by atoms with Gasteiger partial charge in [-0.25, -0.2) is 0 Å². The second-order valence-electron chi connectivity index (χ2n) is 5.04. The first-order valence-electron chi connectivity index (χ1n) is 6.75. The summed E-state index contributed by atoms with van der Waals surface area (Å²) in [5, 5.41) is 3.57. The second-order valence-corrected chi connectivity index (χ2v) is 10.6. The van der Waals surface area contributed by atoms with Crippen LogP contribution in [0.2, 0.25) is 0 Å². The predicted octanol–water partition coefficient (Wildman–Crippen LogP) is 6.79. The summed E-state index contributed by atoms with van der Waals surface area (Å²) in [5.41, 5.74) is 0. The molecular formula is C13H23P3. The normalized spacial score (nSPS) is 22.3. The van der Waals surface area contributed by atoms with E-state index in [1.54, 1.807) is 21.0 Å². The third-order valence-electron chi connectivity index (χ3n) is 3.75. The van der Waals surface area contributed by atoms with Crippen LogP contribution in [0.25, 0.3) is 0 Å². The molecule has 90 valence electrons. The largest absolute Gasteiger partial charge is 0.0813 e. The van der Waals surface area contributed by atoms with E-state index in [0.29, 0.717) is 0 Å². The summed E-state index contributed by atoms with van der Waals surface area (Å²) in [6.07, 6.45) is 13.4. The van der Waals surface area contributed by atoms with Gasteiger partial charge in [0.2, 0.25) is 0 Å². The highest BCUT2D eigenvalue weighted by atomic mass is 32.1. The Morgan fingerprint density at radius 3 is 1.94 bits per heavy atom. The van der Waals surface area contributed by atoms with Crippen molar-refractivity contribution in [3.63, 3.8) is 0 Å². The average molecular weight is 272 g/mol. The minimum absolute atomic E-state index is 0.960. The zero-order valence-electron chi connectivity index (χ0n) is 10.3. The summed E-state index contributed by atoms with van der Waals surface area (Å²) in [6, 6.07) is 0. The van der Waals surface area contributed by atoms with E-state index in [1.807, 2.05) is 5.30 Å². The molecule has 0 nitrogen and oxygen atoms in total. The van der Waals surface area contributed by atoms with Gasteiger partial charge in [0.15, 0.2) is 0 Å². The first-order chi connectivity index (χ1) is 7.88. The Morgan fingerprint density at radius 2 is 1.44 bits per heavy atom. The Bertz CT molecular complexity index is 296. The SMILES string of the molecule is Cc1p[pH]pc1C1CCCCCCCCC1. The Morgan fingerprint density at radius 1 is 0.875 bits per heavy atom. The maximum Gasteiger partial charge on any atom is -0.00573 e. The van der Waals surface area contributed by atoms with Gasteiger partial charge in [0.25, 0.3) is 0 Å². The van der Waals surface area contributed by atoms with E-state index in [1.165, 1.54) is 57.8 Å². The average Bonchev–Trinajstić information content (AvgIpc) is 2.72. The Labute approximate surface area is 105 Å². The van der Waals surface area contributed by atoms with Crippen LogP contribution in [-0.2, 0) is 0 Å². The highest BCUT2D eigenvalue weighted by Crippen LogP contribution is 2.47. The van der Waals surface area contributed by atoms with Crippen LogP contribution in [0.4, 0.5) is 0 Å². The summed E-state index contributed by atoms with van der Waals surface area (Å²) in [6.45, 7) is 2.38. The summed E-state index contributed by atoms with van der Waals surface area (Å²) in [7, 11) is 4.49. The quantitative estimate of drug-likeness (QED) is 0.527. The number of aryl methyl sites for hydroxylation is 1. The van der Waals surface area contributed by atoms with Gasteiger partial charge >= 0.3 is 0 Å². The molecule has 0 spiro atoms. The third kappa shape index (κ3) is 3.84. The van der Waals surface area contributed by atoms with E-state index < -0.39 is 0 Å². The lowest BCUT2D eigenvalue weighted by Gasteiger charge is -2.18. The van der Waals surface area contributed by atoms with Crippen molar-refractivity contribution in [3.8, 4) is 0 Å². The molecule has 0 amide bonds. The smallest absolute Gasteiger partial charge is 0.00573 e. The topological polar surface area (TPSA) is 0 Å². The first kappa shape index (κ1) is 13.1. The fourth-order valence-corrected chi connectivity index (χ4v) is 9.94. The molecule has 1 unspecified atom stereocenters. The van der Waals surface area contributed by atoms with Crippen LogP contribution in [0.5, 0.6) is 0 Å². The van der Waals surface area contributed by atoms with E-state index in [0.717, 1.165) is 13.5 Å². The first-order valence-corrected chi connectivity index (χ1v) is 11.2. The van der Waals surface area contributed by atoms with Crippen LogP contribution < -0.4 is 0 Å². The van der Waals surface area contributed by atoms with Crippen molar-refractivity contribution in [2.75, 3.05) is 0 Å². The van der Waals surface area contributed by atoms with E-state index in [9.17, 15) is 0 Å². The summed E-state index contributed by atoms with van der Waals surface area (Å²) < 4.78 is 0. The molecular weight excluding hydrogens is 249 g/mol. The fraction of sp³-hybridized carbons (Fsp3) is 0.846. The zero-order chi connectivity index (χ0) is 11.2. The second kappa shape index (κ2) is 7.16. The molecule has 2 rings (SSSR count). The Hall–Kier alpha value is 0.640. The molecule has 1 heterocycles. The van der Waals surface area contributed by atoms with Crippen LogP contribution in [0.3, 0.4) is 0 Å². The number of hydrogen-bond donors (Lipinski definition) is 0. The molecule has 1 fully saturated rings. The van der Waals surface area contributed by atoms with Crippen molar-refractivity contribution >= 4 is 23.3 Å². The van der Waals surface area contributed by atoms with Gasteiger partial charge in [0, 0.05) is 0 Å². The van der Waals surface area contributed by atoms with Gasteiger partial charge < -0.3 is 0 Å². The summed E-state index contributed by atoms with van der Waals surface area (Å²) in [4.78, 5) is 0. The fourth-order valence-electron chi connectivity index (χ4n) is 2.76. The molecule has 0 radical (unpaired) electrons. The maximum absolute atomic E-state index is 2.38. The van der Waals surface area contributed by atoms with Crippen LogP contribution in [0.15, 0.2) is 0 Å². The van der Waals surface area contributed by atoms with Gasteiger partial charge in [0.1, 0.15) is 0 Å². The standard InChI is InChI=1S/C13H23P3/c1-11-13(15-16-14-11)12-9-7-5-3-2-4-6-8-10-12/h12,16H,2-10H2,1H3. The molecule has 1 aliphatic rings. The van der Waals surface area contributed by atoms with Gasteiger partial charge in [0.05, 0.1) is 0 Å². The van der Waals surface area contributed by atoms with Crippen molar-refractivity contribution in [2.45, 2.75) is 70.6 Å². The Kier molecular flexibility index (Phi) is 5.85. The lowest BCUT2D eigenvalue weighted by molar-refractivity contribution is 0.466. The molecule has 16 heavy (non-hydrogen) atoms. The Balaban J connectivity index is 1.97. The minimum Gasteiger partial charge on any atom is -0.0813 e. The molecule has 3 heteroatoms. The van der Waals surface area contributed by atoms with Crippen LogP contribution in [0.1, 0.15) is 74.3 Å². The van der Waals surface area contributed by atoms with Crippen LogP contribution in [-0.4, -0.2) is 0 Å². The summed E-state index contributed by atoms with van der Waals surface area (Å²) in [5.74, 6) is 0.960. The lowest BCUT2D eigenvalue weighted by Crippen LogP contribution is -2.00. The molecule has 1 aromatic rings. The van der Waals surface area contributed by atoms with Crippen LogP contribution in [0, 0.1) is 6.92 Å². The van der Waals surface area contributed by atoms with Gasteiger partial charge in [-0.3, -0.25) is 0 Å². The van der Waals surface area contributed by atoms with Gasteiger partial charge in [-0.2, -0.15) is 0 Å². The minimum atomic E-state index is 0.960. The highest BCUT2D eigenvalue weighted by Gasteiger charge is 2.15. The third-order valence-corrected chi connectivity index (χ3v) is 9.77. The molecule has 0 N–H and O–H groups in total. The highest BCUT2D eigenvalue weighted by molar-refractivity contribution is 8.17. The van der Waals surface area contributed by atoms with Crippen molar-refractivity contribution in [1.82, 2.24) is 0 Å². The molecule has 1 aromatic heterocycles. The van der Waals surface area contributed by atoms with Gasteiger partial charge in [-0.05, 0) is 52.0 Å². The van der Waals surface area contributed by atoms with Crippen LogP contribution >= 0.6 is 23.3 Å². The van der Waals surface area contributed by atoms with E-state index >= 15 is 0 Å². The van der Waals surface area contributed by atoms with E-state index in [-0.39, 0.29) is 0 Å². The molecule has 0 bridgehead atoms.